The molecule has 90 valence electrons. The quantitative estimate of drug-likeness (QED) is 0.505. The van der Waals surface area contributed by atoms with Crippen molar-refractivity contribution in [2.45, 2.75) is 64.8 Å². The molecule has 15 heavy (non-hydrogen) atoms. The zero-order valence-electron chi connectivity index (χ0n) is 10.2. The molecule has 0 aliphatic rings. The van der Waals surface area contributed by atoms with Crippen LogP contribution in [-0.2, 0) is 4.79 Å². The number of rotatable bonds is 8. The van der Waals surface area contributed by atoms with Gasteiger partial charge in [0.05, 0.1) is 0 Å². The first kappa shape index (κ1) is 14.8. The van der Waals surface area contributed by atoms with E-state index in [0.29, 0.717) is 12.3 Å². The Morgan fingerprint density at radius 2 is 1.80 bits per heavy atom. The van der Waals surface area contributed by atoms with Crippen LogP contribution in [0.3, 0.4) is 0 Å². The largest absolute Gasteiger partial charge is 0.350 e. The maximum absolute atomic E-state index is 11.5. The predicted octanol–water partition coefficient (Wildman–Crippen LogP) is 3.48. The molecular formula is C12H24ClNO. The SMILES string of the molecule is CCCCCCCC(=O)NC(C)(C)CCl. The molecule has 2 nitrogen and oxygen atoms in total. The summed E-state index contributed by atoms with van der Waals surface area (Å²) in [6, 6.07) is 0. The second kappa shape index (κ2) is 7.98. The van der Waals surface area contributed by atoms with E-state index in [4.69, 9.17) is 11.6 Å². The predicted molar refractivity (Wildman–Crippen MR) is 66.3 cm³/mol. The molecule has 0 saturated carbocycles. The highest BCUT2D eigenvalue weighted by atomic mass is 35.5. The molecule has 3 heteroatoms. The molecule has 0 rings (SSSR count). The van der Waals surface area contributed by atoms with Gasteiger partial charge in [0.2, 0.25) is 5.91 Å². The fourth-order valence-corrected chi connectivity index (χ4v) is 1.43. The number of alkyl halides is 1. The summed E-state index contributed by atoms with van der Waals surface area (Å²) in [5.41, 5.74) is -0.276. The molecule has 0 heterocycles. The van der Waals surface area contributed by atoms with Crippen molar-refractivity contribution < 1.29 is 4.79 Å². The number of hydrogen-bond donors (Lipinski definition) is 1. The molecule has 0 atom stereocenters. The van der Waals surface area contributed by atoms with Crippen LogP contribution >= 0.6 is 11.6 Å². The van der Waals surface area contributed by atoms with E-state index >= 15 is 0 Å². The van der Waals surface area contributed by atoms with Gasteiger partial charge in [-0.3, -0.25) is 4.79 Å². The Kier molecular flexibility index (Phi) is 7.85. The van der Waals surface area contributed by atoms with Crippen molar-refractivity contribution in [3.63, 3.8) is 0 Å². The summed E-state index contributed by atoms with van der Waals surface area (Å²) in [5, 5.41) is 2.93. The number of nitrogens with one attached hydrogen (secondary N) is 1. The van der Waals surface area contributed by atoms with Gasteiger partial charge in [-0.05, 0) is 20.3 Å². The molecule has 1 N–H and O–H groups in total. The number of halogens is 1. The van der Waals surface area contributed by atoms with E-state index < -0.39 is 0 Å². The Morgan fingerprint density at radius 1 is 1.20 bits per heavy atom. The average molecular weight is 234 g/mol. The summed E-state index contributed by atoms with van der Waals surface area (Å²) in [6.07, 6.45) is 6.53. The third-order valence-corrected chi connectivity index (χ3v) is 2.99. The lowest BCUT2D eigenvalue weighted by molar-refractivity contribution is -0.122. The van der Waals surface area contributed by atoms with Crippen molar-refractivity contribution in [3.8, 4) is 0 Å². The van der Waals surface area contributed by atoms with E-state index in [2.05, 4.69) is 12.2 Å². The second-order valence-electron chi connectivity index (χ2n) is 4.73. The standard InChI is InChI=1S/C12H24ClNO/c1-4-5-6-7-8-9-11(15)14-12(2,3)10-13/h4-10H2,1-3H3,(H,14,15). The first-order valence-corrected chi connectivity index (χ1v) is 6.42. The summed E-state index contributed by atoms with van der Waals surface area (Å²) in [5.74, 6) is 0.575. The molecule has 0 fully saturated rings. The van der Waals surface area contributed by atoms with Crippen LogP contribution in [0.5, 0.6) is 0 Å². The van der Waals surface area contributed by atoms with Gasteiger partial charge in [0.1, 0.15) is 0 Å². The lowest BCUT2D eigenvalue weighted by Gasteiger charge is -2.23. The lowest BCUT2D eigenvalue weighted by atomic mass is 10.1. The Bertz CT molecular complexity index is 180. The molecule has 0 aliphatic carbocycles. The van der Waals surface area contributed by atoms with Crippen molar-refractivity contribution >= 4 is 17.5 Å². The van der Waals surface area contributed by atoms with E-state index in [0.717, 1.165) is 12.8 Å². The summed E-state index contributed by atoms with van der Waals surface area (Å²) in [4.78, 5) is 11.5. The van der Waals surface area contributed by atoms with Crippen molar-refractivity contribution in [2.24, 2.45) is 0 Å². The van der Waals surface area contributed by atoms with Crippen LogP contribution in [0.15, 0.2) is 0 Å². The first-order chi connectivity index (χ1) is 7.02. The average Bonchev–Trinajstić information content (AvgIpc) is 2.17. The van der Waals surface area contributed by atoms with Crippen molar-refractivity contribution in [1.82, 2.24) is 5.32 Å². The summed E-state index contributed by atoms with van der Waals surface area (Å²) >= 11 is 5.73. The molecule has 0 unspecified atom stereocenters. The normalized spacial score (nSPS) is 11.5. The van der Waals surface area contributed by atoms with E-state index in [1.165, 1.54) is 19.3 Å². The third-order valence-electron chi connectivity index (χ3n) is 2.32. The van der Waals surface area contributed by atoms with Gasteiger partial charge >= 0.3 is 0 Å². The minimum Gasteiger partial charge on any atom is -0.350 e. The van der Waals surface area contributed by atoms with Crippen LogP contribution in [0.1, 0.15) is 59.3 Å². The molecule has 0 bridgehead atoms. The van der Waals surface area contributed by atoms with Crippen LogP contribution < -0.4 is 5.32 Å². The molecule has 0 aliphatic heterocycles. The highest BCUT2D eigenvalue weighted by molar-refractivity contribution is 6.18. The van der Waals surface area contributed by atoms with Gasteiger partial charge in [-0.1, -0.05) is 32.6 Å². The smallest absolute Gasteiger partial charge is 0.220 e. The summed E-state index contributed by atoms with van der Waals surface area (Å²) in [6.45, 7) is 6.07. The number of amides is 1. The number of unbranched alkanes of at least 4 members (excludes halogenated alkanes) is 4. The van der Waals surface area contributed by atoms with Crippen LogP contribution in [-0.4, -0.2) is 17.3 Å². The molecule has 0 aromatic rings. The van der Waals surface area contributed by atoms with Gasteiger partial charge in [0.15, 0.2) is 0 Å². The van der Waals surface area contributed by atoms with E-state index in [1.807, 2.05) is 13.8 Å². The van der Waals surface area contributed by atoms with Gasteiger partial charge in [0, 0.05) is 17.8 Å². The van der Waals surface area contributed by atoms with E-state index in [1.54, 1.807) is 0 Å². The molecule has 0 aromatic carbocycles. The van der Waals surface area contributed by atoms with Gasteiger partial charge in [-0.15, -0.1) is 11.6 Å². The highest BCUT2D eigenvalue weighted by Gasteiger charge is 2.18. The van der Waals surface area contributed by atoms with Gasteiger partial charge < -0.3 is 5.32 Å². The van der Waals surface area contributed by atoms with Gasteiger partial charge in [-0.2, -0.15) is 0 Å². The number of hydrogen-bond acceptors (Lipinski definition) is 1. The van der Waals surface area contributed by atoms with Crippen molar-refractivity contribution in [2.75, 3.05) is 5.88 Å². The Morgan fingerprint density at radius 3 is 2.33 bits per heavy atom. The lowest BCUT2D eigenvalue weighted by Crippen LogP contribution is -2.44. The summed E-state index contributed by atoms with van der Waals surface area (Å²) in [7, 11) is 0. The van der Waals surface area contributed by atoms with Crippen molar-refractivity contribution in [3.05, 3.63) is 0 Å². The first-order valence-electron chi connectivity index (χ1n) is 5.89. The maximum Gasteiger partial charge on any atom is 0.220 e. The minimum atomic E-state index is -0.276. The minimum absolute atomic E-state index is 0.122. The monoisotopic (exact) mass is 233 g/mol. The topological polar surface area (TPSA) is 29.1 Å². The Hall–Kier alpha value is -0.240. The van der Waals surface area contributed by atoms with Crippen molar-refractivity contribution in [1.29, 1.82) is 0 Å². The van der Waals surface area contributed by atoms with Gasteiger partial charge in [-0.25, -0.2) is 0 Å². The Labute approximate surface area is 98.8 Å². The molecule has 0 spiro atoms. The summed E-state index contributed by atoms with van der Waals surface area (Å²) < 4.78 is 0. The molecular weight excluding hydrogens is 210 g/mol. The molecule has 0 radical (unpaired) electrons. The zero-order valence-corrected chi connectivity index (χ0v) is 11.0. The zero-order chi connectivity index (χ0) is 11.7. The highest BCUT2D eigenvalue weighted by Crippen LogP contribution is 2.08. The van der Waals surface area contributed by atoms with E-state index in [-0.39, 0.29) is 11.4 Å². The maximum atomic E-state index is 11.5. The second-order valence-corrected chi connectivity index (χ2v) is 5.00. The molecule has 0 aromatic heterocycles. The number of carbonyl (C=O) groups is 1. The van der Waals surface area contributed by atoms with Crippen LogP contribution in [0.4, 0.5) is 0 Å². The third kappa shape index (κ3) is 8.73. The molecule has 1 amide bonds. The Balaban J connectivity index is 3.49. The number of carbonyl (C=O) groups excluding carboxylic acids is 1. The fraction of sp³-hybridized carbons (Fsp3) is 0.917. The van der Waals surface area contributed by atoms with E-state index in [9.17, 15) is 4.79 Å². The van der Waals surface area contributed by atoms with Crippen LogP contribution in [0.2, 0.25) is 0 Å². The van der Waals surface area contributed by atoms with Crippen LogP contribution in [0.25, 0.3) is 0 Å². The van der Waals surface area contributed by atoms with Gasteiger partial charge in [0.25, 0.3) is 0 Å². The molecule has 0 saturated heterocycles. The van der Waals surface area contributed by atoms with Crippen LogP contribution in [0, 0.1) is 0 Å². The fourth-order valence-electron chi connectivity index (χ4n) is 1.36.